The van der Waals surface area contributed by atoms with E-state index in [0.29, 0.717) is 5.82 Å². The fraction of sp³-hybridized carbons (Fsp3) is 0.385. The predicted octanol–water partition coefficient (Wildman–Crippen LogP) is 0.565. The molecule has 1 saturated heterocycles. The molecule has 0 spiro atoms. The third kappa shape index (κ3) is 2.76. The Balaban J connectivity index is 1.71. The number of nitrogen functional groups attached to an aromatic ring is 1. The van der Waals surface area contributed by atoms with Gasteiger partial charge in [0, 0.05) is 38.6 Å². The van der Waals surface area contributed by atoms with E-state index >= 15 is 0 Å². The van der Waals surface area contributed by atoms with Crippen LogP contribution in [0.1, 0.15) is 6.42 Å². The maximum absolute atomic E-state index is 5.69. The molecular weight excluding hydrogens is 254 g/mol. The highest BCUT2D eigenvalue weighted by molar-refractivity contribution is 5.42. The van der Waals surface area contributed by atoms with E-state index in [-0.39, 0.29) is 0 Å². The SMILES string of the molecule is Nc1cncc(N2CCCN(c3ncccn3)CC2)n1. The molecule has 1 aliphatic rings. The summed E-state index contributed by atoms with van der Waals surface area (Å²) in [6, 6.07) is 1.83. The Morgan fingerprint density at radius 1 is 0.950 bits per heavy atom. The predicted molar refractivity (Wildman–Crippen MR) is 77.5 cm³/mol. The van der Waals surface area contributed by atoms with Gasteiger partial charge in [-0.3, -0.25) is 4.98 Å². The third-order valence-corrected chi connectivity index (χ3v) is 3.30. The molecule has 1 aliphatic heterocycles. The molecule has 2 N–H and O–H groups in total. The number of hydrogen-bond acceptors (Lipinski definition) is 7. The molecule has 1 fully saturated rings. The number of hydrogen-bond donors (Lipinski definition) is 1. The van der Waals surface area contributed by atoms with Gasteiger partial charge in [-0.1, -0.05) is 0 Å². The molecular formula is C13H17N7. The summed E-state index contributed by atoms with van der Waals surface area (Å²) in [7, 11) is 0. The van der Waals surface area contributed by atoms with Crippen molar-refractivity contribution < 1.29 is 0 Å². The van der Waals surface area contributed by atoms with Crippen LogP contribution in [0.3, 0.4) is 0 Å². The van der Waals surface area contributed by atoms with Crippen molar-refractivity contribution in [1.82, 2.24) is 19.9 Å². The van der Waals surface area contributed by atoms with E-state index in [4.69, 9.17) is 5.73 Å². The Bertz CT molecular complexity index is 560. The van der Waals surface area contributed by atoms with Crippen molar-refractivity contribution in [1.29, 1.82) is 0 Å². The Kier molecular flexibility index (Phi) is 3.58. The van der Waals surface area contributed by atoms with E-state index in [9.17, 15) is 0 Å². The summed E-state index contributed by atoms with van der Waals surface area (Å²) in [5.41, 5.74) is 5.69. The Morgan fingerprint density at radius 2 is 1.70 bits per heavy atom. The Hall–Kier alpha value is -2.44. The highest BCUT2D eigenvalue weighted by Gasteiger charge is 2.17. The van der Waals surface area contributed by atoms with E-state index < -0.39 is 0 Å². The normalized spacial score (nSPS) is 16.0. The summed E-state index contributed by atoms with van der Waals surface area (Å²) in [5, 5.41) is 0. The van der Waals surface area contributed by atoms with Gasteiger partial charge in [-0.2, -0.15) is 0 Å². The molecule has 0 radical (unpaired) electrons. The minimum absolute atomic E-state index is 0.454. The van der Waals surface area contributed by atoms with Gasteiger partial charge in [-0.05, 0) is 12.5 Å². The zero-order chi connectivity index (χ0) is 13.8. The zero-order valence-corrected chi connectivity index (χ0v) is 11.2. The van der Waals surface area contributed by atoms with Crippen LogP contribution in [-0.2, 0) is 0 Å². The van der Waals surface area contributed by atoms with Crippen molar-refractivity contribution in [2.45, 2.75) is 6.42 Å². The minimum atomic E-state index is 0.454. The van der Waals surface area contributed by atoms with Crippen LogP contribution in [0.25, 0.3) is 0 Å². The average Bonchev–Trinajstić information content (AvgIpc) is 2.74. The largest absolute Gasteiger partial charge is 0.382 e. The van der Waals surface area contributed by atoms with Gasteiger partial charge in [0.05, 0.1) is 12.4 Å². The molecule has 0 bridgehead atoms. The third-order valence-electron chi connectivity index (χ3n) is 3.30. The second-order valence-corrected chi connectivity index (χ2v) is 4.68. The van der Waals surface area contributed by atoms with E-state index in [1.807, 2.05) is 6.07 Å². The van der Waals surface area contributed by atoms with Crippen LogP contribution in [0.15, 0.2) is 30.9 Å². The molecule has 20 heavy (non-hydrogen) atoms. The maximum Gasteiger partial charge on any atom is 0.225 e. The van der Waals surface area contributed by atoms with Gasteiger partial charge in [-0.15, -0.1) is 0 Å². The zero-order valence-electron chi connectivity index (χ0n) is 11.2. The van der Waals surface area contributed by atoms with Crippen LogP contribution < -0.4 is 15.5 Å². The van der Waals surface area contributed by atoms with Crippen LogP contribution in [-0.4, -0.2) is 46.1 Å². The maximum atomic E-state index is 5.69. The van der Waals surface area contributed by atoms with Gasteiger partial charge in [0.25, 0.3) is 0 Å². The van der Waals surface area contributed by atoms with Crippen LogP contribution in [0.2, 0.25) is 0 Å². The van der Waals surface area contributed by atoms with Gasteiger partial charge in [0.1, 0.15) is 11.6 Å². The van der Waals surface area contributed by atoms with Crippen LogP contribution >= 0.6 is 0 Å². The average molecular weight is 271 g/mol. The molecule has 0 saturated carbocycles. The summed E-state index contributed by atoms with van der Waals surface area (Å²) in [5.74, 6) is 2.07. The summed E-state index contributed by atoms with van der Waals surface area (Å²) in [6.45, 7) is 3.59. The number of aromatic nitrogens is 4. The first-order valence-electron chi connectivity index (χ1n) is 6.67. The smallest absolute Gasteiger partial charge is 0.225 e. The van der Waals surface area contributed by atoms with Crippen molar-refractivity contribution in [3.05, 3.63) is 30.9 Å². The number of nitrogens with two attached hydrogens (primary N) is 1. The molecule has 104 valence electrons. The molecule has 3 rings (SSSR count). The highest BCUT2D eigenvalue weighted by Crippen LogP contribution is 2.15. The second-order valence-electron chi connectivity index (χ2n) is 4.68. The summed E-state index contributed by atoms with van der Waals surface area (Å²) >= 11 is 0. The molecule has 7 nitrogen and oxygen atoms in total. The molecule has 3 heterocycles. The molecule has 2 aromatic heterocycles. The van der Waals surface area contributed by atoms with E-state index in [2.05, 4.69) is 29.7 Å². The standard InChI is InChI=1S/C13H17N7/c14-11-9-15-10-12(18-11)19-5-2-6-20(8-7-19)13-16-3-1-4-17-13/h1,3-4,9-10H,2,5-8H2,(H2,14,18). The fourth-order valence-corrected chi connectivity index (χ4v) is 2.32. The second kappa shape index (κ2) is 5.68. The summed E-state index contributed by atoms with van der Waals surface area (Å²) in [6.07, 6.45) is 7.88. The first-order valence-corrected chi connectivity index (χ1v) is 6.67. The lowest BCUT2D eigenvalue weighted by Crippen LogP contribution is -2.32. The van der Waals surface area contributed by atoms with Gasteiger partial charge >= 0.3 is 0 Å². The van der Waals surface area contributed by atoms with Crippen molar-refractivity contribution in [2.75, 3.05) is 41.7 Å². The van der Waals surface area contributed by atoms with Crippen molar-refractivity contribution in [3.63, 3.8) is 0 Å². The fourth-order valence-electron chi connectivity index (χ4n) is 2.32. The quantitative estimate of drug-likeness (QED) is 0.854. The lowest BCUT2D eigenvalue weighted by Gasteiger charge is -2.22. The molecule has 0 aliphatic carbocycles. The first kappa shape index (κ1) is 12.6. The summed E-state index contributed by atoms with van der Waals surface area (Å²) < 4.78 is 0. The minimum Gasteiger partial charge on any atom is -0.382 e. The highest BCUT2D eigenvalue weighted by atomic mass is 15.3. The Morgan fingerprint density at radius 3 is 2.50 bits per heavy atom. The molecule has 0 amide bonds. The number of anilines is 3. The van der Waals surface area contributed by atoms with Gasteiger partial charge < -0.3 is 15.5 Å². The van der Waals surface area contributed by atoms with Crippen molar-refractivity contribution in [2.24, 2.45) is 0 Å². The van der Waals surface area contributed by atoms with Crippen LogP contribution in [0, 0.1) is 0 Å². The molecule has 0 aromatic carbocycles. The van der Waals surface area contributed by atoms with E-state index in [0.717, 1.165) is 44.4 Å². The van der Waals surface area contributed by atoms with Gasteiger partial charge in [-0.25, -0.2) is 15.0 Å². The van der Waals surface area contributed by atoms with E-state index in [1.54, 1.807) is 24.8 Å². The van der Waals surface area contributed by atoms with Crippen LogP contribution in [0.4, 0.5) is 17.6 Å². The Labute approximate surface area is 117 Å². The lowest BCUT2D eigenvalue weighted by molar-refractivity contribution is 0.781. The topological polar surface area (TPSA) is 84.1 Å². The van der Waals surface area contributed by atoms with E-state index in [1.165, 1.54) is 0 Å². The molecule has 2 aromatic rings. The van der Waals surface area contributed by atoms with Crippen LogP contribution in [0.5, 0.6) is 0 Å². The van der Waals surface area contributed by atoms with Gasteiger partial charge in [0.2, 0.25) is 5.95 Å². The number of rotatable bonds is 2. The van der Waals surface area contributed by atoms with Crippen molar-refractivity contribution >= 4 is 17.6 Å². The van der Waals surface area contributed by atoms with Crippen molar-refractivity contribution in [3.8, 4) is 0 Å². The molecule has 0 atom stereocenters. The molecule has 0 unspecified atom stereocenters. The first-order chi connectivity index (χ1) is 9.83. The monoisotopic (exact) mass is 271 g/mol. The van der Waals surface area contributed by atoms with Gasteiger partial charge in [0.15, 0.2) is 0 Å². The lowest BCUT2D eigenvalue weighted by atomic mass is 10.4. The number of nitrogens with zero attached hydrogens (tertiary/aromatic N) is 6. The summed E-state index contributed by atoms with van der Waals surface area (Å²) in [4.78, 5) is 21.4. The molecule has 7 heteroatoms.